The predicted molar refractivity (Wildman–Crippen MR) is 105 cm³/mol. The first-order valence-electron chi connectivity index (χ1n) is 9.61. The number of nitrogens with one attached hydrogen (secondary N) is 1. The van der Waals surface area contributed by atoms with Gasteiger partial charge in [-0.25, -0.2) is 4.79 Å². The number of aromatic nitrogens is 2. The van der Waals surface area contributed by atoms with E-state index in [0.717, 1.165) is 18.4 Å². The van der Waals surface area contributed by atoms with Gasteiger partial charge >= 0.3 is 6.03 Å². The van der Waals surface area contributed by atoms with Crippen molar-refractivity contribution in [2.45, 2.75) is 18.8 Å². The van der Waals surface area contributed by atoms with E-state index in [0.29, 0.717) is 42.0 Å². The van der Waals surface area contributed by atoms with Crippen LogP contribution in [0.5, 0.6) is 11.5 Å². The lowest BCUT2D eigenvalue weighted by Crippen LogP contribution is -2.40. The Morgan fingerprint density at radius 1 is 1.03 bits per heavy atom. The largest absolute Gasteiger partial charge is 0.454 e. The lowest BCUT2D eigenvalue weighted by Gasteiger charge is -2.30. The average Bonchev–Trinajstić information content (AvgIpc) is 3.44. The highest BCUT2D eigenvalue weighted by Gasteiger charge is 2.28. The maximum Gasteiger partial charge on any atom is 0.321 e. The molecule has 5 rings (SSSR count). The highest BCUT2D eigenvalue weighted by Crippen LogP contribution is 2.34. The third kappa shape index (κ3) is 3.61. The molecule has 148 valence electrons. The highest BCUT2D eigenvalue weighted by molar-refractivity contribution is 5.89. The summed E-state index contributed by atoms with van der Waals surface area (Å²) in [5.74, 6) is 2.74. The summed E-state index contributed by atoms with van der Waals surface area (Å²) in [7, 11) is 0. The third-order valence-electron chi connectivity index (χ3n) is 5.23. The fourth-order valence-electron chi connectivity index (χ4n) is 3.61. The number of hydrogen-bond donors (Lipinski definition) is 1. The SMILES string of the molecule is O=C(Nc1ccc2c(c1)OCO2)N1CCC(c2nc(-c3ccccc3)no2)CC1. The Balaban J connectivity index is 1.18. The molecule has 29 heavy (non-hydrogen) atoms. The van der Waals surface area contributed by atoms with Crippen LogP contribution in [-0.4, -0.2) is 41.0 Å². The number of urea groups is 1. The molecule has 0 aliphatic carbocycles. The molecule has 0 bridgehead atoms. The van der Waals surface area contributed by atoms with Gasteiger partial charge in [0.1, 0.15) is 0 Å². The molecule has 0 radical (unpaired) electrons. The summed E-state index contributed by atoms with van der Waals surface area (Å²) in [5, 5.41) is 7.02. The second-order valence-electron chi connectivity index (χ2n) is 7.08. The van der Waals surface area contributed by atoms with E-state index in [1.165, 1.54) is 0 Å². The molecule has 1 saturated heterocycles. The van der Waals surface area contributed by atoms with Crippen molar-refractivity contribution in [1.82, 2.24) is 15.0 Å². The van der Waals surface area contributed by atoms with Crippen molar-refractivity contribution in [1.29, 1.82) is 0 Å². The van der Waals surface area contributed by atoms with Crippen LogP contribution < -0.4 is 14.8 Å². The minimum absolute atomic E-state index is 0.127. The van der Waals surface area contributed by atoms with Crippen molar-refractivity contribution in [3.63, 3.8) is 0 Å². The number of nitrogens with zero attached hydrogens (tertiary/aromatic N) is 3. The lowest BCUT2D eigenvalue weighted by molar-refractivity contribution is 0.174. The fourth-order valence-corrected chi connectivity index (χ4v) is 3.61. The Hall–Kier alpha value is -3.55. The first kappa shape index (κ1) is 17.5. The van der Waals surface area contributed by atoms with Gasteiger partial charge in [0.25, 0.3) is 0 Å². The molecule has 2 aliphatic heterocycles. The maximum absolute atomic E-state index is 12.6. The Morgan fingerprint density at radius 3 is 2.66 bits per heavy atom. The van der Waals surface area contributed by atoms with E-state index in [2.05, 4.69) is 15.5 Å². The van der Waals surface area contributed by atoms with Crippen LogP contribution in [0.3, 0.4) is 0 Å². The number of likely N-dealkylation sites (tertiary alicyclic amines) is 1. The van der Waals surface area contributed by atoms with Crippen LogP contribution in [0.2, 0.25) is 0 Å². The van der Waals surface area contributed by atoms with E-state index in [1.54, 1.807) is 17.0 Å². The standard InChI is InChI=1S/C21H20N4O4/c26-21(22-16-6-7-17-18(12-16)28-13-27-17)25-10-8-15(9-11-25)20-23-19(24-29-20)14-4-2-1-3-5-14/h1-7,12,15H,8-11,13H2,(H,22,26). The van der Waals surface area contributed by atoms with Crippen molar-refractivity contribution in [2.24, 2.45) is 0 Å². The number of anilines is 1. The van der Waals surface area contributed by atoms with Gasteiger partial charge in [-0.2, -0.15) is 4.98 Å². The number of benzene rings is 2. The summed E-state index contributed by atoms with van der Waals surface area (Å²) in [4.78, 5) is 18.9. The molecule has 2 aliphatic rings. The monoisotopic (exact) mass is 392 g/mol. The molecule has 1 aromatic heterocycles. The molecule has 8 heteroatoms. The molecular weight excluding hydrogens is 372 g/mol. The van der Waals surface area contributed by atoms with Gasteiger partial charge in [-0.05, 0) is 25.0 Å². The second kappa shape index (κ2) is 7.46. The van der Waals surface area contributed by atoms with E-state index in [-0.39, 0.29) is 18.7 Å². The topological polar surface area (TPSA) is 89.7 Å². The number of carbonyl (C=O) groups excluding carboxylic acids is 1. The van der Waals surface area contributed by atoms with E-state index >= 15 is 0 Å². The molecule has 3 heterocycles. The van der Waals surface area contributed by atoms with Gasteiger partial charge < -0.3 is 24.2 Å². The lowest BCUT2D eigenvalue weighted by atomic mass is 9.97. The highest BCUT2D eigenvalue weighted by atomic mass is 16.7. The summed E-state index contributed by atoms with van der Waals surface area (Å²) < 4.78 is 16.1. The Morgan fingerprint density at radius 2 is 1.83 bits per heavy atom. The van der Waals surface area contributed by atoms with Crippen LogP contribution in [0, 0.1) is 0 Å². The van der Waals surface area contributed by atoms with Gasteiger partial charge in [0.15, 0.2) is 11.5 Å². The summed E-state index contributed by atoms with van der Waals surface area (Å²) in [6, 6.07) is 15.0. The molecule has 3 aromatic rings. The van der Waals surface area contributed by atoms with Crippen molar-refractivity contribution < 1.29 is 18.8 Å². The zero-order valence-electron chi connectivity index (χ0n) is 15.7. The van der Waals surface area contributed by atoms with Crippen LogP contribution in [0.15, 0.2) is 53.1 Å². The molecule has 1 N–H and O–H groups in total. The fraction of sp³-hybridized carbons (Fsp3) is 0.286. The normalized spacial score (nSPS) is 16.1. The van der Waals surface area contributed by atoms with E-state index < -0.39 is 0 Å². The van der Waals surface area contributed by atoms with Crippen LogP contribution in [-0.2, 0) is 0 Å². The molecule has 2 amide bonds. The van der Waals surface area contributed by atoms with E-state index in [9.17, 15) is 4.79 Å². The number of carbonyl (C=O) groups is 1. The van der Waals surface area contributed by atoms with Gasteiger partial charge in [0, 0.05) is 36.3 Å². The quantitative estimate of drug-likeness (QED) is 0.728. The van der Waals surface area contributed by atoms with Crippen molar-refractivity contribution >= 4 is 11.7 Å². The number of ether oxygens (including phenoxy) is 2. The Bertz CT molecular complexity index is 1010. The number of fused-ring (bicyclic) bond motifs is 1. The maximum atomic E-state index is 12.6. The Kier molecular flexibility index (Phi) is 4.51. The molecular formula is C21H20N4O4. The predicted octanol–water partition coefficient (Wildman–Crippen LogP) is 3.88. The molecule has 8 nitrogen and oxygen atoms in total. The van der Waals surface area contributed by atoms with Crippen molar-refractivity contribution in [2.75, 3.05) is 25.2 Å². The van der Waals surface area contributed by atoms with Gasteiger partial charge in [-0.1, -0.05) is 35.5 Å². The molecule has 0 spiro atoms. The van der Waals surface area contributed by atoms with E-state index in [4.69, 9.17) is 14.0 Å². The molecule has 1 fully saturated rings. The van der Waals surface area contributed by atoms with Crippen molar-refractivity contribution in [3.8, 4) is 22.9 Å². The average molecular weight is 392 g/mol. The van der Waals surface area contributed by atoms with E-state index in [1.807, 2.05) is 36.4 Å². The van der Waals surface area contributed by atoms with Gasteiger partial charge in [-0.3, -0.25) is 0 Å². The minimum Gasteiger partial charge on any atom is -0.454 e. The molecule has 2 aromatic carbocycles. The summed E-state index contributed by atoms with van der Waals surface area (Å²) in [6.07, 6.45) is 1.57. The molecule has 0 unspecified atom stereocenters. The summed E-state index contributed by atoms with van der Waals surface area (Å²) in [5.41, 5.74) is 1.62. The van der Waals surface area contributed by atoms with Crippen LogP contribution in [0.1, 0.15) is 24.7 Å². The zero-order chi connectivity index (χ0) is 19.6. The van der Waals surface area contributed by atoms with Gasteiger partial charge in [0.2, 0.25) is 18.5 Å². The first-order valence-corrected chi connectivity index (χ1v) is 9.61. The first-order chi connectivity index (χ1) is 14.3. The van der Waals surface area contributed by atoms with Crippen LogP contribution >= 0.6 is 0 Å². The Labute approximate surface area is 167 Å². The molecule has 0 saturated carbocycles. The smallest absolute Gasteiger partial charge is 0.321 e. The van der Waals surface area contributed by atoms with Crippen molar-refractivity contribution in [3.05, 3.63) is 54.4 Å². The summed E-state index contributed by atoms with van der Waals surface area (Å²) >= 11 is 0. The third-order valence-corrected chi connectivity index (χ3v) is 5.23. The van der Waals surface area contributed by atoms with Crippen LogP contribution in [0.4, 0.5) is 10.5 Å². The van der Waals surface area contributed by atoms with Gasteiger partial charge in [0.05, 0.1) is 0 Å². The minimum atomic E-state index is -0.127. The second-order valence-corrected chi connectivity index (χ2v) is 7.08. The number of rotatable bonds is 3. The number of amides is 2. The van der Waals surface area contributed by atoms with Crippen LogP contribution in [0.25, 0.3) is 11.4 Å². The number of piperidine rings is 1. The van der Waals surface area contributed by atoms with Gasteiger partial charge in [-0.15, -0.1) is 0 Å². The number of hydrogen-bond acceptors (Lipinski definition) is 6. The summed E-state index contributed by atoms with van der Waals surface area (Å²) in [6.45, 7) is 1.47. The zero-order valence-corrected chi connectivity index (χ0v) is 15.7. The molecule has 0 atom stereocenters.